The number of carbonyl (C=O) groups is 1. The van der Waals surface area contributed by atoms with Gasteiger partial charge in [0.1, 0.15) is 0 Å². The van der Waals surface area contributed by atoms with Gasteiger partial charge in [0.15, 0.2) is 0 Å². The van der Waals surface area contributed by atoms with Crippen molar-refractivity contribution in [3.8, 4) is 0 Å². The summed E-state index contributed by atoms with van der Waals surface area (Å²) in [6.07, 6.45) is 1.71. The molecular formula is C14H23NOSi. The molecule has 1 aromatic rings. The van der Waals surface area contributed by atoms with Crippen LogP contribution >= 0.6 is 0 Å². The molecule has 0 aromatic heterocycles. The molecule has 1 aromatic carbocycles. The second-order valence-corrected chi connectivity index (χ2v) is 8.14. The number of nitrogens with zero attached hydrogens (tertiary/aromatic N) is 1. The van der Waals surface area contributed by atoms with Gasteiger partial charge in [-0.05, 0) is 18.6 Å². The van der Waals surface area contributed by atoms with Gasteiger partial charge in [0.05, 0.1) is 0 Å². The average Bonchev–Trinajstić information content (AvgIpc) is 2.34. The molecule has 17 heavy (non-hydrogen) atoms. The summed E-state index contributed by atoms with van der Waals surface area (Å²) in [5.74, 6) is 0.224. The van der Waals surface area contributed by atoms with Crippen LogP contribution in [0.2, 0.25) is 19.1 Å². The summed E-state index contributed by atoms with van der Waals surface area (Å²) in [7, 11) is -0.502. The average molecular weight is 249 g/mol. The van der Waals surface area contributed by atoms with Crippen LogP contribution < -0.4 is 4.90 Å². The fourth-order valence-corrected chi connectivity index (χ4v) is 2.85. The van der Waals surface area contributed by atoms with Crippen LogP contribution in [0.25, 0.3) is 0 Å². The van der Waals surface area contributed by atoms with Crippen LogP contribution in [-0.2, 0) is 4.79 Å². The molecule has 1 rings (SSSR count). The Hall–Kier alpha value is -1.09. The standard InChI is InChI=1S/C14H23NOSi/c1-4-14(16)15(11-8-12-17(2)3)13-9-6-5-7-10-13/h5-7,9-10,17H,4,8,11-12H2,1-3H3. The Morgan fingerprint density at radius 2 is 1.88 bits per heavy atom. The third-order valence-corrected chi connectivity index (χ3v) is 4.40. The quantitative estimate of drug-likeness (QED) is 0.708. The number of amides is 1. The summed E-state index contributed by atoms with van der Waals surface area (Å²) in [5.41, 5.74) is 1.03. The monoisotopic (exact) mass is 249 g/mol. The van der Waals surface area contributed by atoms with E-state index in [0.29, 0.717) is 6.42 Å². The van der Waals surface area contributed by atoms with Crippen molar-refractivity contribution in [3.05, 3.63) is 30.3 Å². The van der Waals surface area contributed by atoms with E-state index in [-0.39, 0.29) is 5.91 Å². The van der Waals surface area contributed by atoms with Crippen LogP contribution in [0, 0.1) is 0 Å². The van der Waals surface area contributed by atoms with Gasteiger partial charge in [0, 0.05) is 27.4 Å². The lowest BCUT2D eigenvalue weighted by molar-refractivity contribution is -0.118. The third kappa shape index (κ3) is 4.73. The van der Waals surface area contributed by atoms with Crippen molar-refractivity contribution in [2.75, 3.05) is 11.4 Å². The zero-order chi connectivity index (χ0) is 12.7. The topological polar surface area (TPSA) is 20.3 Å². The fourth-order valence-electron chi connectivity index (χ4n) is 1.85. The molecule has 0 bridgehead atoms. The van der Waals surface area contributed by atoms with E-state index < -0.39 is 8.80 Å². The first-order valence-electron chi connectivity index (χ1n) is 6.50. The van der Waals surface area contributed by atoms with E-state index in [4.69, 9.17) is 0 Å². The zero-order valence-electron chi connectivity index (χ0n) is 11.1. The Labute approximate surface area is 106 Å². The van der Waals surface area contributed by atoms with Crippen LogP contribution in [0.15, 0.2) is 30.3 Å². The zero-order valence-corrected chi connectivity index (χ0v) is 12.3. The number of carbonyl (C=O) groups excluding carboxylic acids is 1. The predicted octanol–water partition coefficient (Wildman–Crippen LogP) is 3.31. The number of benzene rings is 1. The second-order valence-electron chi connectivity index (χ2n) is 4.77. The highest BCUT2D eigenvalue weighted by molar-refractivity contribution is 6.55. The maximum Gasteiger partial charge on any atom is 0.226 e. The predicted molar refractivity (Wildman–Crippen MR) is 77.4 cm³/mol. The van der Waals surface area contributed by atoms with Crippen molar-refractivity contribution in [3.63, 3.8) is 0 Å². The minimum absolute atomic E-state index is 0.224. The van der Waals surface area contributed by atoms with Crippen molar-refractivity contribution < 1.29 is 4.79 Å². The van der Waals surface area contributed by atoms with Crippen LogP contribution in [0.4, 0.5) is 5.69 Å². The Morgan fingerprint density at radius 1 is 1.24 bits per heavy atom. The molecule has 0 N–H and O–H groups in total. The molecule has 0 saturated heterocycles. The van der Waals surface area contributed by atoms with E-state index in [1.54, 1.807) is 0 Å². The second kappa shape index (κ2) is 7.28. The summed E-state index contributed by atoms with van der Waals surface area (Å²) in [5, 5.41) is 0. The van der Waals surface area contributed by atoms with Gasteiger partial charge in [-0.15, -0.1) is 0 Å². The van der Waals surface area contributed by atoms with Gasteiger partial charge in [-0.2, -0.15) is 0 Å². The molecular weight excluding hydrogens is 226 g/mol. The maximum absolute atomic E-state index is 11.9. The molecule has 0 aliphatic heterocycles. The first kappa shape index (κ1) is 14.0. The summed E-state index contributed by atoms with van der Waals surface area (Å²) in [6, 6.07) is 11.3. The largest absolute Gasteiger partial charge is 0.312 e. The van der Waals surface area contributed by atoms with Crippen molar-refractivity contribution >= 4 is 20.4 Å². The van der Waals surface area contributed by atoms with Gasteiger partial charge in [-0.3, -0.25) is 4.79 Å². The van der Waals surface area contributed by atoms with E-state index in [9.17, 15) is 4.79 Å². The molecule has 0 aliphatic rings. The normalized spacial score (nSPS) is 10.6. The third-order valence-electron chi connectivity index (χ3n) is 2.83. The Bertz CT molecular complexity index is 337. The van der Waals surface area contributed by atoms with Crippen molar-refractivity contribution in [2.45, 2.75) is 38.9 Å². The molecule has 0 aliphatic carbocycles. The molecule has 0 spiro atoms. The first-order valence-corrected chi connectivity index (χ1v) is 9.63. The van der Waals surface area contributed by atoms with Crippen LogP contribution in [0.1, 0.15) is 19.8 Å². The lowest BCUT2D eigenvalue weighted by Gasteiger charge is -2.22. The lowest BCUT2D eigenvalue weighted by Crippen LogP contribution is -2.31. The fraction of sp³-hybridized carbons (Fsp3) is 0.500. The first-order chi connectivity index (χ1) is 8.15. The molecule has 3 heteroatoms. The molecule has 0 unspecified atom stereocenters. The highest BCUT2D eigenvalue weighted by Gasteiger charge is 2.13. The number of hydrogen-bond donors (Lipinski definition) is 0. The Kier molecular flexibility index (Phi) is 5.98. The molecule has 0 fully saturated rings. The van der Waals surface area contributed by atoms with Gasteiger partial charge in [-0.25, -0.2) is 0 Å². The SMILES string of the molecule is CCC(=O)N(CCC[SiH](C)C)c1ccccc1. The summed E-state index contributed by atoms with van der Waals surface area (Å²) in [6.45, 7) is 7.50. The molecule has 1 amide bonds. The minimum atomic E-state index is -0.502. The summed E-state index contributed by atoms with van der Waals surface area (Å²) < 4.78 is 0. The molecule has 0 atom stereocenters. The number of hydrogen-bond acceptors (Lipinski definition) is 1. The molecule has 94 valence electrons. The smallest absolute Gasteiger partial charge is 0.226 e. The number of para-hydroxylation sites is 1. The van der Waals surface area contributed by atoms with E-state index >= 15 is 0 Å². The Balaban J connectivity index is 2.65. The maximum atomic E-state index is 11.9. The van der Waals surface area contributed by atoms with E-state index in [0.717, 1.165) is 18.7 Å². The van der Waals surface area contributed by atoms with Crippen LogP contribution in [-0.4, -0.2) is 21.2 Å². The van der Waals surface area contributed by atoms with Crippen LogP contribution in [0.5, 0.6) is 0 Å². The van der Waals surface area contributed by atoms with Crippen molar-refractivity contribution in [2.24, 2.45) is 0 Å². The van der Waals surface area contributed by atoms with E-state index in [1.165, 1.54) is 6.04 Å². The van der Waals surface area contributed by atoms with Crippen molar-refractivity contribution in [1.82, 2.24) is 0 Å². The molecule has 0 heterocycles. The molecule has 0 saturated carbocycles. The number of rotatable bonds is 6. The van der Waals surface area contributed by atoms with Crippen molar-refractivity contribution in [1.29, 1.82) is 0 Å². The highest BCUT2D eigenvalue weighted by Crippen LogP contribution is 2.15. The summed E-state index contributed by atoms with van der Waals surface area (Å²) >= 11 is 0. The molecule has 0 radical (unpaired) electrons. The molecule has 2 nitrogen and oxygen atoms in total. The highest BCUT2D eigenvalue weighted by atomic mass is 28.3. The van der Waals surface area contributed by atoms with Gasteiger partial charge in [0.25, 0.3) is 0 Å². The van der Waals surface area contributed by atoms with E-state index in [1.807, 2.05) is 42.2 Å². The Morgan fingerprint density at radius 3 is 2.41 bits per heavy atom. The minimum Gasteiger partial charge on any atom is -0.312 e. The summed E-state index contributed by atoms with van der Waals surface area (Å²) in [4.78, 5) is 13.9. The lowest BCUT2D eigenvalue weighted by atomic mass is 10.2. The van der Waals surface area contributed by atoms with E-state index in [2.05, 4.69) is 13.1 Å². The van der Waals surface area contributed by atoms with Gasteiger partial charge < -0.3 is 4.90 Å². The van der Waals surface area contributed by atoms with Crippen LogP contribution in [0.3, 0.4) is 0 Å². The van der Waals surface area contributed by atoms with Gasteiger partial charge in [-0.1, -0.05) is 44.3 Å². The van der Waals surface area contributed by atoms with Gasteiger partial charge in [0.2, 0.25) is 5.91 Å². The number of anilines is 1. The van der Waals surface area contributed by atoms with Gasteiger partial charge >= 0.3 is 0 Å².